The van der Waals surface area contributed by atoms with Crippen molar-refractivity contribution in [2.45, 2.75) is 30.5 Å². The zero-order valence-electron chi connectivity index (χ0n) is 15.1. The van der Waals surface area contributed by atoms with Gasteiger partial charge in [-0.3, -0.25) is 14.5 Å². The van der Waals surface area contributed by atoms with Crippen molar-refractivity contribution in [2.75, 3.05) is 12.9 Å². The molecule has 0 saturated carbocycles. The van der Waals surface area contributed by atoms with Crippen LogP contribution in [-0.2, 0) is 25.5 Å². The Morgan fingerprint density at radius 1 is 1.56 bits per heavy atom. The maximum Gasteiger partial charge on any atom is 1.00 e. The number of carboxylic acids is 1. The Bertz CT molecular complexity index is 782. The number of carbonyl (C=O) groups excluding carboxylic acids is 3. The Kier molecular flexibility index (Phi) is 7.73. The van der Waals surface area contributed by atoms with Gasteiger partial charge >= 0.3 is 51.4 Å². The molecule has 1 aromatic rings. The molecule has 3 rings (SSSR count). The van der Waals surface area contributed by atoms with Crippen LogP contribution in [0.5, 0.6) is 0 Å². The second kappa shape index (κ2) is 9.05. The fourth-order valence-corrected chi connectivity index (χ4v) is 5.29. The van der Waals surface area contributed by atoms with Crippen molar-refractivity contribution >= 4 is 40.9 Å². The third-order valence-electron chi connectivity index (χ3n) is 4.32. The zero-order valence-corrected chi connectivity index (χ0v) is 19.8. The number of amides is 2. The average molecular weight is 437 g/mol. The van der Waals surface area contributed by atoms with Crippen molar-refractivity contribution in [2.24, 2.45) is 0 Å². The molecule has 2 aliphatic heterocycles. The molecule has 0 radical (unpaired) electrons. The first-order valence-electron chi connectivity index (χ1n) is 7.78. The molecule has 0 aliphatic carbocycles. The number of thioether (sulfide) groups is 1. The van der Waals surface area contributed by atoms with Gasteiger partial charge in [-0.05, 0) is 23.9 Å². The summed E-state index contributed by atoms with van der Waals surface area (Å²) < 4.78 is 5.33. The van der Waals surface area contributed by atoms with Crippen LogP contribution >= 0.6 is 23.1 Å². The molecule has 8 nitrogen and oxygen atoms in total. The van der Waals surface area contributed by atoms with Crippen molar-refractivity contribution < 1.29 is 80.7 Å². The summed E-state index contributed by atoms with van der Waals surface area (Å²) in [5, 5.41) is 25.0. The van der Waals surface area contributed by atoms with Gasteiger partial charge in [0.25, 0.3) is 11.6 Å². The van der Waals surface area contributed by atoms with E-state index in [2.05, 4.69) is 5.32 Å². The first-order chi connectivity index (χ1) is 12.3. The number of carbonyl (C=O) groups is 3. The van der Waals surface area contributed by atoms with Crippen LogP contribution < -0.4 is 61.8 Å². The fraction of sp³-hybridized carbons (Fsp3) is 0.438. The normalized spacial score (nSPS) is 25.2. The number of fused-ring (bicyclic) bond motifs is 1. The number of aliphatic hydroxyl groups is 1. The van der Waals surface area contributed by atoms with Crippen LogP contribution in [0.4, 0.5) is 0 Å². The van der Waals surface area contributed by atoms with E-state index in [1.54, 1.807) is 6.07 Å². The zero-order chi connectivity index (χ0) is 19.1. The van der Waals surface area contributed by atoms with Gasteiger partial charge in [-0.1, -0.05) is 6.07 Å². The van der Waals surface area contributed by atoms with E-state index in [0.717, 1.165) is 9.78 Å². The second-order valence-corrected chi connectivity index (χ2v) is 8.02. The number of thiophene rings is 1. The van der Waals surface area contributed by atoms with E-state index in [1.165, 1.54) is 37.1 Å². The maximum atomic E-state index is 12.7. The number of aliphatic carboxylic acids is 1. The Labute approximate surface area is 206 Å². The van der Waals surface area contributed by atoms with Crippen molar-refractivity contribution in [1.29, 1.82) is 0 Å². The third kappa shape index (κ3) is 4.07. The van der Waals surface area contributed by atoms with Crippen molar-refractivity contribution in [3.8, 4) is 0 Å². The van der Waals surface area contributed by atoms with E-state index in [0.29, 0.717) is 0 Å². The van der Waals surface area contributed by atoms with Crippen LogP contribution in [0, 0.1) is 0 Å². The van der Waals surface area contributed by atoms with Gasteiger partial charge in [-0.25, -0.2) is 0 Å². The first-order valence-corrected chi connectivity index (χ1v) is 9.71. The second-order valence-electron chi connectivity index (χ2n) is 5.92. The first kappa shape index (κ1) is 23.0. The Morgan fingerprint density at radius 3 is 2.78 bits per heavy atom. The van der Waals surface area contributed by atoms with E-state index in [1.807, 2.05) is 11.4 Å². The van der Waals surface area contributed by atoms with Gasteiger partial charge in [0.15, 0.2) is 0 Å². The topological polar surface area (TPSA) is 119 Å². The number of hydrogen-bond acceptors (Lipinski definition) is 8. The molecule has 3 heterocycles. The van der Waals surface area contributed by atoms with Gasteiger partial charge < -0.3 is 25.1 Å². The van der Waals surface area contributed by atoms with Gasteiger partial charge in [-0.2, -0.15) is 0 Å². The minimum Gasteiger partial charge on any atom is -0.543 e. The van der Waals surface area contributed by atoms with E-state index in [9.17, 15) is 24.6 Å². The summed E-state index contributed by atoms with van der Waals surface area (Å²) in [7, 11) is 1.29. The van der Waals surface area contributed by atoms with Crippen LogP contribution in [0.1, 0.15) is 11.8 Å². The summed E-state index contributed by atoms with van der Waals surface area (Å²) in [6.45, 7) is 1.43. The number of rotatable bonds is 6. The van der Waals surface area contributed by atoms with E-state index >= 15 is 0 Å². The molecule has 3 atom stereocenters. The molecule has 27 heavy (non-hydrogen) atoms. The van der Waals surface area contributed by atoms with Crippen molar-refractivity contribution in [1.82, 2.24) is 10.2 Å². The van der Waals surface area contributed by atoms with Gasteiger partial charge in [0, 0.05) is 17.7 Å². The molecule has 1 aromatic heterocycles. The Hall–Kier alpha value is -0.244. The molecule has 2 amide bonds. The van der Waals surface area contributed by atoms with Crippen molar-refractivity contribution in [3.05, 3.63) is 33.7 Å². The number of carboxylic acid groups (broad SMARTS) is 1. The molecule has 140 valence electrons. The molecule has 0 aromatic carbocycles. The number of nitrogens with zero attached hydrogens (tertiary/aromatic N) is 1. The summed E-state index contributed by atoms with van der Waals surface area (Å²) in [6.07, 6.45) is -0.939. The molecule has 1 saturated heterocycles. The number of β-lactam (4-membered cyclic amide) rings is 1. The van der Waals surface area contributed by atoms with Gasteiger partial charge in [0.05, 0.1) is 24.2 Å². The van der Waals surface area contributed by atoms with E-state index in [-0.39, 0.29) is 74.8 Å². The van der Waals surface area contributed by atoms with Crippen LogP contribution in [0.3, 0.4) is 0 Å². The van der Waals surface area contributed by atoms with Crippen LogP contribution in [0.2, 0.25) is 0 Å². The summed E-state index contributed by atoms with van der Waals surface area (Å²) in [6, 6.07) is 3.63. The average Bonchev–Trinajstić information content (AvgIpc) is 3.10. The molecule has 0 spiro atoms. The molecule has 11 heteroatoms. The molecule has 2 aliphatic rings. The van der Waals surface area contributed by atoms with Gasteiger partial charge in [-0.15, -0.1) is 23.1 Å². The predicted octanol–water partition coefficient (Wildman–Crippen LogP) is -3.95. The third-order valence-corrected chi connectivity index (χ3v) is 6.53. The van der Waals surface area contributed by atoms with Crippen molar-refractivity contribution in [3.63, 3.8) is 0 Å². The molecule has 1 unspecified atom stereocenters. The Morgan fingerprint density at radius 2 is 2.26 bits per heavy atom. The number of ether oxygens (including phenoxy) is 1. The summed E-state index contributed by atoms with van der Waals surface area (Å²) >= 11 is 2.63. The maximum absolute atomic E-state index is 12.7. The standard InChI is InChI=1S/C16H18N2O6S2.K/c1-8(19)10-7-26-15-16(24-2,14(23)18(15)12(10)13(21)22)17-11(20)6-9-4-3-5-25-9;/h3-5,8,15,19H,6-7H2,1-2H3,(H,17,20)(H,21,22);/q;+1/p-1/t8?,15-,16-;/m0./s1. The summed E-state index contributed by atoms with van der Waals surface area (Å²) in [4.78, 5) is 38.5. The van der Waals surface area contributed by atoms with Gasteiger partial charge in [0.1, 0.15) is 5.37 Å². The van der Waals surface area contributed by atoms with E-state index in [4.69, 9.17) is 4.74 Å². The minimum absolute atomic E-state index is 0. The largest absolute Gasteiger partial charge is 1.00 e. The number of hydrogen-bond donors (Lipinski definition) is 2. The number of methoxy groups -OCH3 is 1. The fourth-order valence-electron chi connectivity index (χ4n) is 3.03. The van der Waals surface area contributed by atoms with Crippen LogP contribution in [-0.4, -0.2) is 57.9 Å². The quantitative estimate of drug-likeness (QED) is 0.265. The molecule has 0 bridgehead atoms. The Balaban J connectivity index is 0.00000261. The van der Waals surface area contributed by atoms with E-state index < -0.39 is 35.0 Å². The number of nitrogens with one attached hydrogen (secondary N) is 1. The SMILES string of the molecule is CO[C@@]1(NC(=O)Cc2cccs2)C(=O)N2C(C(=O)[O-])=C(C(C)O)CS[C@H]21.[K+]. The minimum atomic E-state index is -1.63. The predicted molar refractivity (Wildman–Crippen MR) is 92.7 cm³/mol. The summed E-state index contributed by atoms with van der Waals surface area (Å²) in [5.74, 6) is -2.46. The summed E-state index contributed by atoms with van der Waals surface area (Å²) in [5.41, 5.74) is -1.78. The monoisotopic (exact) mass is 436 g/mol. The smallest absolute Gasteiger partial charge is 0.543 e. The number of aliphatic hydroxyl groups excluding tert-OH is 1. The molecular weight excluding hydrogens is 419 g/mol. The molecule has 1 fully saturated rings. The van der Waals surface area contributed by atoms with Gasteiger partial charge in [0.2, 0.25) is 5.91 Å². The van der Waals surface area contributed by atoms with Crippen LogP contribution in [0.15, 0.2) is 28.8 Å². The molecule has 2 N–H and O–H groups in total. The molecular formula is C16H17KN2O6S2. The van der Waals surface area contributed by atoms with Crippen LogP contribution in [0.25, 0.3) is 0 Å².